The second-order valence-corrected chi connectivity index (χ2v) is 26.8. The maximum absolute atomic E-state index is 13.4. The molecule has 2 heterocycles. The summed E-state index contributed by atoms with van der Waals surface area (Å²) in [5.41, 5.74) is 0. The zero-order chi connectivity index (χ0) is 66.6. The lowest BCUT2D eigenvalue weighted by molar-refractivity contribution is -0.359. The lowest BCUT2D eigenvalue weighted by Gasteiger charge is -2.46. The molecule has 0 spiro atoms. The van der Waals surface area contributed by atoms with Gasteiger partial charge in [0.1, 0.15) is 48.8 Å². The van der Waals surface area contributed by atoms with Crippen molar-refractivity contribution in [2.24, 2.45) is 0 Å². The molecule has 536 valence electrons. The monoisotopic (exact) mass is 1300 g/mol. The molecular weight excluding hydrogens is 1160 g/mol. The van der Waals surface area contributed by atoms with Crippen LogP contribution in [0.25, 0.3) is 0 Å². The Morgan fingerprint density at radius 2 is 0.728 bits per heavy atom. The van der Waals surface area contributed by atoms with Gasteiger partial charge in [-0.05, 0) is 83.5 Å². The van der Waals surface area contributed by atoms with Crippen molar-refractivity contribution in [2.75, 3.05) is 19.8 Å². The van der Waals surface area contributed by atoms with E-state index in [4.69, 9.17) is 18.9 Å². The number of allylic oxidation sites excluding steroid dienone is 11. The summed E-state index contributed by atoms with van der Waals surface area (Å²) < 4.78 is 22.9. The molecule has 2 aliphatic rings. The fourth-order valence-corrected chi connectivity index (χ4v) is 12.3. The molecule has 9 N–H and O–H groups in total. The molecule has 0 radical (unpaired) electrons. The normalized spacial score (nSPS) is 23.1. The fraction of sp³-hybridized carbons (Fsp3) is 0.833. The van der Waals surface area contributed by atoms with Crippen LogP contribution in [0.2, 0.25) is 0 Å². The first kappa shape index (κ1) is 85.5. The van der Waals surface area contributed by atoms with Crippen LogP contribution in [0.3, 0.4) is 0 Å². The highest BCUT2D eigenvalue weighted by molar-refractivity contribution is 5.76. The van der Waals surface area contributed by atoms with E-state index in [9.17, 15) is 45.6 Å². The molecule has 0 aliphatic carbocycles. The molecule has 14 heteroatoms. The SMILES string of the molecule is CCCCCCC/C=C\C/C=C\C/C=C\CCCCCCCCCCCCCCCCCCCCCCC(=O)NC(COC1OC(CO)C(OC2OC(CO)C(O)C(O)C2O)C(O)C1O)C(O)/C=C/CC/C=C/CC/C=C/CCCCCCCCCCCCCCC. The Morgan fingerprint density at radius 1 is 0.391 bits per heavy atom. The quantitative estimate of drug-likeness (QED) is 0.0204. The van der Waals surface area contributed by atoms with E-state index in [1.165, 1.54) is 231 Å². The summed E-state index contributed by atoms with van der Waals surface area (Å²) in [7, 11) is 0. The second kappa shape index (κ2) is 62.0. The number of hydrogen-bond donors (Lipinski definition) is 9. The van der Waals surface area contributed by atoms with Gasteiger partial charge in [-0.15, -0.1) is 0 Å². The molecule has 12 unspecified atom stereocenters. The molecule has 1 amide bonds. The Hall–Kier alpha value is -2.57. The Morgan fingerprint density at radius 3 is 1.14 bits per heavy atom. The topological polar surface area (TPSA) is 228 Å². The molecule has 0 aromatic rings. The van der Waals surface area contributed by atoms with Crippen LogP contribution in [-0.2, 0) is 23.7 Å². The van der Waals surface area contributed by atoms with Crippen LogP contribution in [0.1, 0.15) is 322 Å². The van der Waals surface area contributed by atoms with Crippen LogP contribution in [0.4, 0.5) is 0 Å². The predicted molar refractivity (Wildman–Crippen MR) is 378 cm³/mol. The third kappa shape index (κ3) is 45.0. The average molecular weight is 1300 g/mol. The van der Waals surface area contributed by atoms with Gasteiger partial charge in [-0.1, -0.05) is 305 Å². The zero-order valence-corrected chi connectivity index (χ0v) is 58.5. The number of unbranched alkanes of at least 4 members (excludes halogenated alkanes) is 40. The van der Waals surface area contributed by atoms with Crippen molar-refractivity contribution in [3.8, 4) is 0 Å². The highest BCUT2D eigenvalue weighted by Gasteiger charge is 2.51. The molecule has 2 saturated heterocycles. The Kier molecular flexibility index (Phi) is 57.6. The van der Waals surface area contributed by atoms with Crippen LogP contribution < -0.4 is 5.32 Å². The van der Waals surface area contributed by atoms with Gasteiger partial charge in [0.15, 0.2) is 12.6 Å². The molecule has 2 fully saturated rings. The first-order valence-corrected chi connectivity index (χ1v) is 38.2. The van der Waals surface area contributed by atoms with Crippen LogP contribution in [0.15, 0.2) is 72.9 Å². The molecule has 12 atom stereocenters. The van der Waals surface area contributed by atoms with Crippen molar-refractivity contribution in [3.63, 3.8) is 0 Å². The molecule has 0 aromatic carbocycles. The predicted octanol–water partition coefficient (Wildman–Crippen LogP) is 16.6. The summed E-state index contributed by atoms with van der Waals surface area (Å²) in [6, 6.07) is -0.941. The second-order valence-electron chi connectivity index (χ2n) is 26.8. The van der Waals surface area contributed by atoms with Gasteiger partial charge in [-0.3, -0.25) is 4.79 Å². The summed E-state index contributed by atoms with van der Waals surface area (Å²) in [5.74, 6) is -0.250. The number of carbonyl (C=O) groups is 1. The maximum Gasteiger partial charge on any atom is 0.220 e. The van der Waals surface area contributed by atoms with Gasteiger partial charge in [0, 0.05) is 6.42 Å². The van der Waals surface area contributed by atoms with Crippen molar-refractivity contribution in [1.82, 2.24) is 5.32 Å². The third-order valence-electron chi connectivity index (χ3n) is 18.3. The minimum atomic E-state index is -1.80. The Bertz CT molecular complexity index is 1820. The number of nitrogens with one attached hydrogen (secondary N) is 1. The van der Waals surface area contributed by atoms with E-state index in [1.807, 2.05) is 6.08 Å². The van der Waals surface area contributed by atoms with Crippen molar-refractivity contribution in [1.29, 1.82) is 0 Å². The van der Waals surface area contributed by atoms with E-state index < -0.39 is 86.8 Å². The van der Waals surface area contributed by atoms with Gasteiger partial charge < -0.3 is 65.1 Å². The number of rotatable bonds is 63. The molecule has 14 nitrogen and oxygen atoms in total. The van der Waals surface area contributed by atoms with E-state index in [2.05, 4.69) is 79.9 Å². The number of hydrogen-bond acceptors (Lipinski definition) is 13. The number of ether oxygens (including phenoxy) is 4. The summed E-state index contributed by atoms with van der Waals surface area (Å²) >= 11 is 0. The molecule has 0 saturated carbocycles. The summed E-state index contributed by atoms with van der Waals surface area (Å²) in [6.45, 7) is 2.80. The minimum absolute atomic E-state index is 0.250. The van der Waals surface area contributed by atoms with Gasteiger partial charge in [0.05, 0.1) is 32.0 Å². The highest BCUT2D eigenvalue weighted by Crippen LogP contribution is 2.30. The van der Waals surface area contributed by atoms with Gasteiger partial charge in [0.25, 0.3) is 0 Å². The van der Waals surface area contributed by atoms with E-state index >= 15 is 0 Å². The van der Waals surface area contributed by atoms with Crippen LogP contribution in [-0.4, -0.2) is 140 Å². The van der Waals surface area contributed by atoms with Gasteiger partial charge in [-0.2, -0.15) is 0 Å². The number of aliphatic hydroxyl groups is 8. The molecule has 0 bridgehead atoms. The highest BCUT2D eigenvalue weighted by atomic mass is 16.7. The van der Waals surface area contributed by atoms with Crippen molar-refractivity contribution >= 4 is 5.91 Å². The molecule has 92 heavy (non-hydrogen) atoms. The van der Waals surface area contributed by atoms with Crippen molar-refractivity contribution < 1.29 is 64.6 Å². The first-order valence-electron chi connectivity index (χ1n) is 38.2. The lowest BCUT2D eigenvalue weighted by atomic mass is 9.97. The molecular formula is C78H141NO13. The van der Waals surface area contributed by atoms with Crippen LogP contribution >= 0.6 is 0 Å². The van der Waals surface area contributed by atoms with Gasteiger partial charge in [0.2, 0.25) is 5.91 Å². The van der Waals surface area contributed by atoms with E-state index in [0.29, 0.717) is 12.8 Å². The molecule has 2 aliphatic heterocycles. The van der Waals surface area contributed by atoms with E-state index in [0.717, 1.165) is 57.8 Å². The third-order valence-corrected chi connectivity index (χ3v) is 18.3. The number of aliphatic hydroxyl groups excluding tert-OH is 8. The van der Waals surface area contributed by atoms with Gasteiger partial charge >= 0.3 is 0 Å². The van der Waals surface area contributed by atoms with E-state index in [-0.39, 0.29) is 18.9 Å². The van der Waals surface area contributed by atoms with Crippen molar-refractivity contribution in [2.45, 2.75) is 396 Å². The number of carbonyl (C=O) groups excluding carboxylic acids is 1. The molecule has 2 rings (SSSR count). The van der Waals surface area contributed by atoms with Crippen LogP contribution in [0.5, 0.6) is 0 Å². The fourth-order valence-electron chi connectivity index (χ4n) is 12.3. The van der Waals surface area contributed by atoms with Crippen LogP contribution in [0, 0.1) is 0 Å². The Balaban J connectivity index is 1.64. The Labute approximate surface area is 561 Å². The van der Waals surface area contributed by atoms with Crippen molar-refractivity contribution in [3.05, 3.63) is 72.9 Å². The maximum atomic E-state index is 13.4. The zero-order valence-electron chi connectivity index (χ0n) is 58.5. The minimum Gasteiger partial charge on any atom is -0.394 e. The number of amides is 1. The lowest BCUT2D eigenvalue weighted by Crippen LogP contribution is -2.65. The van der Waals surface area contributed by atoms with E-state index in [1.54, 1.807) is 6.08 Å². The largest absolute Gasteiger partial charge is 0.394 e. The first-order chi connectivity index (χ1) is 45.1. The summed E-state index contributed by atoms with van der Waals surface area (Å²) in [5, 5.41) is 87.5. The smallest absolute Gasteiger partial charge is 0.220 e. The summed E-state index contributed by atoms with van der Waals surface area (Å²) in [6.07, 6.45) is 68.3. The average Bonchev–Trinajstić information content (AvgIpc) is 0.830. The standard InChI is InChI=1S/C78H141NO13/c1-3-5-7-9-11-13-15-17-19-21-23-25-27-28-29-30-31-32-33-34-35-36-37-38-40-42-44-46-48-50-52-54-56-58-60-62-70(83)79-66(65-89-77-75(88)73(86)76(69(64-81)91-77)92-78-74(87)72(85)71(84)68(63-80)90-78)67(82)61-59-57-55-53-51-49-47-45-43-41-39-26-24-22-20-18-16-14-12-10-8-6-4-2/h15,17,21,23,27-28,43,45,51,53,59,61,66-69,71-78,80-82,84-88H,3-14,16,18-20,22,24-26,29-42,44,46-50,52,54-58,60,62-65H2,1-2H3,(H,79,83)/b17-15-,23-21-,28-27-,45-43+,53-51+,61-59+. The summed E-state index contributed by atoms with van der Waals surface area (Å²) in [4.78, 5) is 13.4. The molecule has 0 aromatic heterocycles. The van der Waals surface area contributed by atoms with Gasteiger partial charge in [-0.25, -0.2) is 0 Å².